The molecule has 0 bridgehead atoms. The predicted octanol–water partition coefficient (Wildman–Crippen LogP) is 2.55. The van der Waals surface area contributed by atoms with Gasteiger partial charge in [-0.25, -0.2) is 0 Å². The van der Waals surface area contributed by atoms with E-state index in [-0.39, 0.29) is 10.0 Å². The Kier molecular flexibility index (Phi) is 2.87. The highest BCUT2D eigenvalue weighted by Gasteiger charge is 2.19. The molecule has 0 aliphatic rings. The van der Waals surface area contributed by atoms with Gasteiger partial charge in [0, 0.05) is 0 Å². The van der Waals surface area contributed by atoms with Crippen LogP contribution in [-0.2, 0) is 10.1 Å². The third-order valence-corrected chi connectivity index (χ3v) is 3.47. The zero-order chi connectivity index (χ0) is 10.2. The minimum Gasteiger partial charge on any atom is -0.282 e. The minimum atomic E-state index is -4.35. The monoisotopic (exact) mass is 240 g/mol. The molecule has 0 heterocycles. The van der Waals surface area contributed by atoms with Crippen molar-refractivity contribution in [2.75, 3.05) is 0 Å². The summed E-state index contributed by atoms with van der Waals surface area (Å²) in [6.45, 7) is 1.62. The second-order valence-corrected chi connectivity index (χ2v) is 4.63. The van der Waals surface area contributed by atoms with Crippen molar-refractivity contribution in [3.05, 3.63) is 27.7 Å². The summed E-state index contributed by atoms with van der Waals surface area (Å²) in [6, 6.07) is 2.94. The highest BCUT2D eigenvalue weighted by atomic mass is 35.5. The fourth-order valence-corrected chi connectivity index (χ4v) is 2.52. The molecule has 0 radical (unpaired) electrons. The Balaban J connectivity index is 3.62. The molecule has 0 aromatic heterocycles. The van der Waals surface area contributed by atoms with Crippen molar-refractivity contribution in [1.29, 1.82) is 0 Å². The van der Waals surface area contributed by atoms with E-state index in [2.05, 4.69) is 0 Å². The van der Waals surface area contributed by atoms with E-state index in [0.29, 0.717) is 5.56 Å². The summed E-state index contributed by atoms with van der Waals surface area (Å²) in [7, 11) is -4.35. The quantitative estimate of drug-likeness (QED) is 0.768. The fraction of sp³-hybridized carbons (Fsp3) is 0.143. The molecule has 0 saturated heterocycles. The summed E-state index contributed by atoms with van der Waals surface area (Å²) in [6.07, 6.45) is 0. The number of aryl methyl sites for hydroxylation is 1. The van der Waals surface area contributed by atoms with Gasteiger partial charge in [-0.1, -0.05) is 29.3 Å². The number of rotatable bonds is 1. The van der Waals surface area contributed by atoms with Crippen LogP contribution in [0, 0.1) is 6.92 Å². The predicted molar refractivity (Wildman–Crippen MR) is 51.0 cm³/mol. The molecule has 0 atom stereocenters. The second-order valence-electron chi connectivity index (χ2n) is 2.48. The Morgan fingerprint density at radius 1 is 1.31 bits per heavy atom. The van der Waals surface area contributed by atoms with Crippen LogP contribution >= 0.6 is 23.2 Å². The van der Waals surface area contributed by atoms with Gasteiger partial charge in [0.25, 0.3) is 10.1 Å². The Labute approximate surface area is 86.0 Å². The molecule has 6 heteroatoms. The fourth-order valence-electron chi connectivity index (χ4n) is 0.867. The Hall–Kier alpha value is -0.290. The first-order valence-electron chi connectivity index (χ1n) is 3.26. The van der Waals surface area contributed by atoms with Crippen molar-refractivity contribution in [2.24, 2.45) is 0 Å². The van der Waals surface area contributed by atoms with Crippen molar-refractivity contribution in [1.82, 2.24) is 0 Å². The van der Waals surface area contributed by atoms with Crippen LogP contribution in [0.3, 0.4) is 0 Å². The van der Waals surface area contributed by atoms with Crippen LogP contribution in [0.2, 0.25) is 10.0 Å². The molecule has 0 saturated carbocycles. The number of hydrogen-bond donors (Lipinski definition) is 1. The van der Waals surface area contributed by atoms with Crippen LogP contribution < -0.4 is 0 Å². The van der Waals surface area contributed by atoms with E-state index < -0.39 is 15.0 Å². The molecule has 0 amide bonds. The molecular formula is C7H6Cl2O3S. The van der Waals surface area contributed by atoms with Gasteiger partial charge >= 0.3 is 0 Å². The lowest BCUT2D eigenvalue weighted by molar-refractivity contribution is 0.483. The van der Waals surface area contributed by atoms with Gasteiger partial charge in [0.05, 0.1) is 10.0 Å². The summed E-state index contributed by atoms with van der Waals surface area (Å²) < 4.78 is 30.4. The molecule has 0 fully saturated rings. The highest BCUT2D eigenvalue weighted by molar-refractivity contribution is 7.86. The van der Waals surface area contributed by atoms with Crippen LogP contribution in [0.15, 0.2) is 17.0 Å². The standard InChI is InChI=1S/C7H6Cl2O3S/c1-4-2-3-5(8)7(6(4)9)13(10,11)12/h2-3H,1H3,(H,10,11,12). The lowest BCUT2D eigenvalue weighted by Gasteiger charge is -2.05. The van der Waals surface area contributed by atoms with Gasteiger partial charge in [-0.3, -0.25) is 4.55 Å². The molecule has 0 aliphatic carbocycles. The largest absolute Gasteiger partial charge is 0.297 e. The van der Waals surface area contributed by atoms with Gasteiger partial charge in [-0.15, -0.1) is 0 Å². The molecule has 0 spiro atoms. The van der Waals surface area contributed by atoms with Crippen LogP contribution in [0.1, 0.15) is 5.56 Å². The third-order valence-electron chi connectivity index (χ3n) is 1.50. The first kappa shape index (κ1) is 10.8. The van der Waals surface area contributed by atoms with Gasteiger partial charge < -0.3 is 0 Å². The Morgan fingerprint density at radius 2 is 1.85 bits per heavy atom. The first-order chi connectivity index (χ1) is 5.84. The van der Waals surface area contributed by atoms with E-state index in [9.17, 15) is 8.42 Å². The van der Waals surface area contributed by atoms with Crippen LogP contribution in [-0.4, -0.2) is 13.0 Å². The van der Waals surface area contributed by atoms with Crippen LogP contribution in [0.4, 0.5) is 0 Å². The number of hydrogen-bond acceptors (Lipinski definition) is 2. The molecule has 1 aromatic rings. The van der Waals surface area contributed by atoms with Crippen LogP contribution in [0.5, 0.6) is 0 Å². The molecule has 1 aromatic carbocycles. The average molecular weight is 241 g/mol. The zero-order valence-corrected chi connectivity index (χ0v) is 8.91. The molecule has 13 heavy (non-hydrogen) atoms. The summed E-state index contributed by atoms with van der Waals surface area (Å²) in [5, 5.41) is -0.131. The maximum Gasteiger partial charge on any atom is 0.297 e. The van der Waals surface area contributed by atoms with Gasteiger partial charge in [0.2, 0.25) is 0 Å². The maximum absolute atomic E-state index is 10.8. The van der Waals surface area contributed by atoms with E-state index in [1.807, 2.05) is 0 Å². The molecule has 72 valence electrons. The summed E-state index contributed by atoms with van der Waals surface area (Å²) in [5.41, 5.74) is 0.540. The average Bonchev–Trinajstić information content (AvgIpc) is 1.95. The number of halogens is 2. The van der Waals surface area contributed by atoms with Gasteiger partial charge in [-0.2, -0.15) is 8.42 Å². The van der Waals surface area contributed by atoms with Crippen molar-refractivity contribution in [3.63, 3.8) is 0 Å². The normalized spacial score (nSPS) is 11.7. The smallest absolute Gasteiger partial charge is 0.282 e. The van der Waals surface area contributed by atoms with Gasteiger partial charge in [-0.05, 0) is 18.6 Å². The molecule has 0 aliphatic heterocycles. The van der Waals surface area contributed by atoms with Crippen molar-refractivity contribution in [2.45, 2.75) is 11.8 Å². The Bertz CT molecular complexity index is 439. The molecule has 3 nitrogen and oxygen atoms in total. The number of benzene rings is 1. The van der Waals surface area contributed by atoms with E-state index in [1.165, 1.54) is 6.07 Å². The highest BCUT2D eigenvalue weighted by Crippen LogP contribution is 2.31. The van der Waals surface area contributed by atoms with Crippen molar-refractivity contribution in [3.8, 4) is 0 Å². The first-order valence-corrected chi connectivity index (χ1v) is 5.45. The Morgan fingerprint density at radius 3 is 2.23 bits per heavy atom. The minimum absolute atomic E-state index is 0.0463. The summed E-state index contributed by atoms with van der Waals surface area (Å²) in [5.74, 6) is 0. The SMILES string of the molecule is Cc1ccc(Cl)c(S(=O)(=O)O)c1Cl. The third kappa shape index (κ3) is 2.14. The lowest BCUT2D eigenvalue weighted by Crippen LogP contribution is -2.01. The summed E-state index contributed by atoms with van der Waals surface area (Å²) >= 11 is 11.2. The van der Waals surface area contributed by atoms with Crippen LogP contribution in [0.25, 0.3) is 0 Å². The van der Waals surface area contributed by atoms with E-state index >= 15 is 0 Å². The molecule has 1 rings (SSSR count). The summed E-state index contributed by atoms with van der Waals surface area (Å²) in [4.78, 5) is -0.434. The van der Waals surface area contributed by atoms with Gasteiger partial charge in [0.1, 0.15) is 4.90 Å². The maximum atomic E-state index is 10.8. The molecule has 1 N–H and O–H groups in total. The topological polar surface area (TPSA) is 54.4 Å². The second kappa shape index (κ2) is 3.46. The zero-order valence-electron chi connectivity index (χ0n) is 6.58. The van der Waals surface area contributed by atoms with E-state index in [0.717, 1.165) is 0 Å². The lowest BCUT2D eigenvalue weighted by atomic mass is 10.2. The van der Waals surface area contributed by atoms with Crippen molar-refractivity contribution >= 4 is 33.3 Å². The van der Waals surface area contributed by atoms with Gasteiger partial charge in [0.15, 0.2) is 0 Å². The molecule has 0 unspecified atom stereocenters. The van der Waals surface area contributed by atoms with E-state index in [4.69, 9.17) is 27.8 Å². The van der Waals surface area contributed by atoms with Crippen molar-refractivity contribution < 1.29 is 13.0 Å². The van der Waals surface area contributed by atoms with E-state index in [1.54, 1.807) is 13.0 Å². The molecular weight excluding hydrogens is 235 g/mol.